The van der Waals surface area contributed by atoms with Gasteiger partial charge in [-0.15, -0.1) is 11.3 Å². The number of nitro benzene ring substituents is 1. The first-order chi connectivity index (χ1) is 10.0. The minimum Gasteiger partial charge on any atom is -0.350 e. The van der Waals surface area contributed by atoms with Crippen LogP contribution < -0.4 is 11.1 Å². The van der Waals surface area contributed by atoms with Gasteiger partial charge in [-0.2, -0.15) is 0 Å². The monoisotopic (exact) mass is 305 g/mol. The van der Waals surface area contributed by atoms with Crippen molar-refractivity contribution in [2.24, 2.45) is 11.7 Å². The number of rotatable bonds is 5. The smallest absolute Gasteiger partial charge is 0.270 e. The van der Waals surface area contributed by atoms with Gasteiger partial charge in [0.1, 0.15) is 0 Å². The van der Waals surface area contributed by atoms with Gasteiger partial charge in [0, 0.05) is 34.8 Å². The van der Waals surface area contributed by atoms with Gasteiger partial charge in [0.05, 0.1) is 9.80 Å². The third kappa shape index (κ3) is 3.03. The van der Waals surface area contributed by atoms with Crippen molar-refractivity contribution in [3.8, 4) is 0 Å². The first-order valence-electron chi connectivity index (χ1n) is 6.76. The van der Waals surface area contributed by atoms with Crippen molar-refractivity contribution < 1.29 is 9.72 Å². The maximum Gasteiger partial charge on any atom is 0.270 e. The Bertz CT molecular complexity index is 709. The van der Waals surface area contributed by atoms with Crippen LogP contribution in [0.1, 0.15) is 22.5 Å². The fraction of sp³-hybridized carbons (Fsp3) is 0.357. The summed E-state index contributed by atoms with van der Waals surface area (Å²) < 4.78 is 0.859. The van der Waals surface area contributed by atoms with Crippen molar-refractivity contribution >= 4 is 33.0 Å². The Labute approximate surface area is 125 Å². The van der Waals surface area contributed by atoms with Crippen molar-refractivity contribution in [2.75, 3.05) is 6.54 Å². The van der Waals surface area contributed by atoms with E-state index in [0.717, 1.165) is 17.5 Å². The molecule has 1 atom stereocenters. The van der Waals surface area contributed by atoms with E-state index in [1.807, 2.05) is 0 Å². The van der Waals surface area contributed by atoms with Crippen LogP contribution in [0.4, 0.5) is 5.69 Å². The average Bonchev–Trinajstić information content (AvgIpc) is 3.22. The molecule has 0 bridgehead atoms. The minimum atomic E-state index is -0.439. The molecule has 7 heteroatoms. The second-order valence-electron chi connectivity index (χ2n) is 5.30. The van der Waals surface area contributed by atoms with Crippen molar-refractivity contribution in [1.82, 2.24) is 5.32 Å². The van der Waals surface area contributed by atoms with Crippen LogP contribution in [0.25, 0.3) is 10.1 Å². The van der Waals surface area contributed by atoms with Gasteiger partial charge >= 0.3 is 0 Å². The van der Waals surface area contributed by atoms with Crippen LogP contribution in [-0.4, -0.2) is 23.4 Å². The highest BCUT2D eigenvalue weighted by Crippen LogP contribution is 2.31. The topological polar surface area (TPSA) is 98.3 Å². The molecule has 0 saturated heterocycles. The number of fused-ring (bicyclic) bond motifs is 1. The highest BCUT2D eigenvalue weighted by atomic mass is 32.1. The lowest BCUT2D eigenvalue weighted by atomic mass is 10.2. The zero-order chi connectivity index (χ0) is 15.0. The van der Waals surface area contributed by atoms with E-state index < -0.39 is 4.92 Å². The maximum absolute atomic E-state index is 12.1. The van der Waals surface area contributed by atoms with Crippen LogP contribution in [0, 0.1) is 16.0 Å². The number of benzene rings is 1. The van der Waals surface area contributed by atoms with Gasteiger partial charge in [-0.25, -0.2) is 0 Å². The summed E-state index contributed by atoms with van der Waals surface area (Å²) in [6, 6.07) is 6.31. The zero-order valence-corrected chi connectivity index (χ0v) is 12.1. The van der Waals surface area contributed by atoms with Crippen molar-refractivity contribution in [3.63, 3.8) is 0 Å². The Morgan fingerprint density at radius 1 is 1.48 bits per heavy atom. The van der Waals surface area contributed by atoms with E-state index in [9.17, 15) is 14.9 Å². The molecule has 1 aliphatic rings. The van der Waals surface area contributed by atoms with Gasteiger partial charge in [0.2, 0.25) is 0 Å². The zero-order valence-electron chi connectivity index (χ0n) is 11.2. The van der Waals surface area contributed by atoms with E-state index in [1.165, 1.54) is 23.5 Å². The minimum absolute atomic E-state index is 0.0180. The Hall–Kier alpha value is -1.99. The predicted molar refractivity (Wildman–Crippen MR) is 81.5 cm³/mol. The fourth-order valence-electron chi connectivity index (χ4n) is 2.24. The number of nitrogens with two attached hydrogens (primary N) is 1. The van der Waals surface area contributed by atoms with E-state index in [-0.39, 0.29) is 17.6 Å². The number of nitrogens with zero attached hydrogens (tertiary/aromatic N) is 1. The van der Waals surface area contributed by atoms with Crippen LogP contribution >= 0.6 is 11.3 Å². The van der Waals surface area contributed by atoms with Gasteiger partial charge in [-0.3, -0.25) is 14.9 Å². The van der Waals surface area contributed by atoms with Crippen LogP contribution in [0.3, 0.4) is 0 Å². The number of nitrogens with one attached hydrogen (secondary N) is 1. The second-order valence-corrected chi connectivity index (χ2v) is 6.38. The first-order valence-corrected chi connectivity index (χ1v) is 7.58. The molecule has 1 fully saturated rings. The van der Waals surface area contributed by atoms with E-state index in [0.29, 0.717) is 22.7 Å². The molecule has 0 spiro atoms. The number of nitro groups is 1. The van der Waals surface area contributed by atoms with Gasteiger partial charge < -0.3 is 11.1 Å². The number of amides is 1. The van der Waals surface area contributed by atoms with Gasteiger partial charge in [-0.05, 0) is 30.9 Å². The second kappa shape index (κ2) is 5.42. The molecular weight excluding hydrogens is 290 g/mol. The summed E-state index contributed by atoms with van der Waals surface area (Å²) in [6.07, 6.45) is 2.28. The molecule has 1 aliphatic carbocycles. The molecule has 110 valence electrons. The molecule has 3 rings (SSSR count). The largest absolute Gasteiger partial charge is 0.350 e. The van der Waals surface area contributed by atoms with E-state index in [2.05, 4.69) is 5.32 Å². The Balaban J connectivity index is 1.73. The average molecular weight is 305 g/mol. The standard InChI is InChI=1S/C14H15N3O3S/c15-11(8-1-2-8)7-16-14(18)13-6-9-5-10(17(19)20)3-4-12(9)21-13/h3-6,8,11H,1-2,7,15H2,(H,16,18). The maximum atomic E-state index is 12.1. The van der Waals surface area contributed by atoms with Crippen molar-refractivity contribution in [1.29, 1.82) is 0 Å². The normalized spacial score (nSPS) is 15.9. The van der Waals surface area contributed by atoms with E-state index in [4.69, 9.17) is 5.73 Å². The van der Waals surface area contributed by atoms with Gasteiger partial charge in [-0.1, -0.05) is 0 Å². The summed E-state index contributed by atoms with van der Waals surface area (Å²) in [5.41, 5.74) is 5.98. The van der Waals surface area contributed by atoms with Crippen LogP contribution in [0.5, 0.6) is 0 Å². The Morgan fingerprint density at radius 2 is 2.24 bits per heavy atom. The number of hydrogen-bond acceptors (Lipinski definition) is 5. The number of carbonyl (C=O) groups excluding carboxylic acids is 1. The van der Waals surface area contributed by atoms with Gasteiger partial charge in [0.25, 0.3) is 11.6 Å². The van der Waals surface area contributed by atoms with Crippen LogP contribution in [-0.2, 0) is 0 Å². The van der Waals surface area contributed by atoms with Crippen molar-refractivity contribution in [2.45, 2.75) is 18.9 Å². The van der Waals surface area contributed by atoms with Crippen LogP contribution in [0.2, 0.25) is 0 Å². The molecule has 1 aromatic heterocycles. The Kier molecular flexibility index (Phi) is 3.60. The molecule has 1 amide bonds. The number of thiophene rings is 1. The molecule has 2 aromatic rings. The molecule has 1 saturated carbocycles. The van der Waals surface area contributed by atoms with Crippen molar-refractivity contribution in [3.05, 3.63) is 39.3 Å². The van der Waals surface area contributed by atoms with E-state index in [1.54, 1.807) is 12.1 Å². The Morgan fingerprint density at radius 3 is 2.90 bits per heavy atom. The summed E-state index contributed by atoms with van der Waals surface area (Å²) in [5.74, 6) is 0.366. The fourth-order valence-corrected chi connectivity index (χ4v) is 3.20. The lowest BCUT2D eigenvalue weighted by Gasteiger charge is -2.10. The molecule has 1 heterocycles. The van der Waals surface area contributed by atoms with Gasteiger partial charge in [0.15, 0.2) is 0 Å². The quantitative estimate of drug-likeness (QED) is 0.654. The first kappa shape index (κ1) is 14.0. The lowest BCUT2D eigenvalue weighted by Crippen LogP contribution is -2.38. The molecule has 3 N–H and O–H groups in total. The summed E-state index contributed by atoms with van der Waals surface area (Å²) in [4.78, 5) is 22.9. The molecule has 1 aromatic carbocycles. The summed E-state index contributed by atoms with van der Waals surface area (Å²) in [7, 11) is 0. The third-order valence-corrected chi connectivity index (χ3v) is 4.78. The highest BCUT2D eigenvalue weighted by Gasteiger charge is 2.28. The van der Waals surface area contributed by atoms with E-state index >= 15 is 0 Å². The number of hydrogen-bond donors (Lipinski definition) is 2. The number of non-ortho nitro benzene ring substituents is 1. The lowest BCUT2D eigenvalue weighted by molar-refractivity contribution is -0.384. The predicted octanol–water partition coefficient (Wildman–Crippen LogP) is 2.28. The third-order valence-electron chi connectivity index (χ3n) is 3.66. The highest BCUT2D eigenvalue weighted by molar-refractivity contribution is 7.20. The molecule has 1 unspecified atom stereocenters. The molecule has 0 aliphatic heterocycles. The number of carbonyl (C=O) groups is 1. The SMILES string of the molecule is NC(CNC(=O)c1cc2cc([N+](=O)[O-])ccc2s1)C1CC1. The summed E-state index contributed by atoms with van der Waals surface area (Å²) in [5, 5.41) is 14.3. The summed E-state index contributed by atoms with van der Waals surface area (Å²) in [6.45, 7) is 0.470. The van der Waals surface area contributed by atoms with Crippen LogP contribution in [0.15, 0.2) is 24.3 Å². The molecule has 0 radical (unpaired) electrons. The molecule has 6 nitrogen and oxygen atoms in total. The molecule has 21 heavy (non-hydrogen) atoms. The molecular formula is C14H15N3O3S. The summed E-state index contributed by atoms with van der Waals surface area (Å²) >= 11 is 1.33.